The fourth-order valence-corrected chi connectivity index (χ4v) is 1.60. The molecule has 2 rings (SSSR count). The Morgan fingerprint density at radius 3 is 2.89 bits per heavy atom. The summed E-state index contributed by atoms with van der Waals surface area (Å²) in [5.74, 6) is 1.11. The molecule has 8 nitrogen and oxygen atoms in total. The lowest BCUT2D eigenvalue weighted by atomic mass is 10.5. The predicted octanol–water partition coefficient (Wildman–Crippen LogP) is -0.759. The van der Waals surface area contributed by atoms with Gasteiger partial charge >= 0.3 is 0 Å². The molecule has 0 aromatic carbocycles. The zero-order chi connectivity index (χ0) is 13.7. The SMILES string of the molecule is CCn1ncnc1Cn1ncc(OCCN)cc1=O. The molecule has 0 fully saturated rings. The van der Waals surface area contributed by atoms with E-state index in [9.17, 15) is 4.79 Å². The second-order valence-electron chi connectivity index (χ2n) is 3.82. The summed E-state index contributed by atoms with van der Waals surface area (Å²) in [5, 5.41) is 8.08. The summed E-state index contributed by atoms with van der Waals surface area (Å²) in [6.45, 7) is 3.68. The van der Waals surface area contributed by atoms with Gasteiger partial charge in [0.2, 0.25) is 0 Å². The molecule has 0 unspecified atom stereocenters. The van der Waals surface area contributed by atoms with E-state index >= 15 is 0 Å². The first-order valence-corrected chi connectivity index (χ1v) is 6.01. The minimum absolute atomic E-state index is 0.250. The van der Waals surface area contributed by atoms with E-state index < -0.39 is 0 Å². The van der Waals surface area contributed by atoms with Crippen molar-refractivity contribution in [3.8, 4) is 5.75 Å². The maximum absolute atomic E-state index is 11.9. The molecular formula is C11H16N6O2. The normalized spacial score (nSPS) is 10.6. The zero-order valence-electron chi connectivity index (χ0n) is 10.7. The topological polar surface area (TPSA) is 101 Å². The van der Waals surface area contributed by atoms with E-state index in [4.69, 9.17) is 10.5 Å². The van der Waals surface area contributed by atoms with Gasteiger partial charge in [0.1, 0.15) is 31.1 Å². The molecule has 0 aliphatic heterocycles. The summed E-state index contributed by atoms with van der Waals surface area (Å²) in [5.41, 5.74) is 5.07. The lowest BCUT2D eigenvalue weighted by Gasteiger charge is -2.07. The third kappa shape index (κ3) is 3.16. The molecule has 2 heterocycles. The van der Waals surface area contributed by atoms with Crippen molar-refractivity contribution in [1.29, 1.82) is 0 Å². The Bertz CT molecular complexity index is 591. The highest BCUT2D eigenvalue weighted by Gasteiger charge is 2.07. The average Bonchev–Trinajstić information content (AvgIpc) is 2.86. The van der Waals surface area contributed by atoms with Crippen LogP contribution in [0.2, 0.25) is 0 Å². The number of aryl methyl sites for hydroxylation is 1. The summed E-state index contributed by atoms with van der Waals surface area (Å²) in [6, 6.07) is 1.38. The van der Waals surface area contributed by atoms with Gasteiger partial charge in [-0.1, -0.05) is 0 Å². The Kier molecular flexibility index (Phi) is 4.24. The maximum atomic E-state index is 11.9. The first-order chi connectivity index (χ1) is 9.24. The molecule has 0 bridgehead atoms. The van der Waals surface area contributed by atoms with Crippen LogP contribution in [0.3, 0.4) is 0 Å². The molecule has 102 valence electrons. The van der Waals surface area contributed by atoms with Crippen LogP contribution in [0.4, 0.5) is 0 Å². The molecule has 0 amide bonds. The lowest BCUT2D eigenvalue weighted by molar-refractivity contribution is 0.323. The van der Waals surface area contributed by atoms with Crippen molar-refractivity contribution in [3.63, 3.8) is 0 Å². The van der Waals surface area contributed by atoms with E-state index in [2.05, 4.69) is 15.2 Å². The summed E-state index contributed by atoms with van der Waals surface area (Å²) in [4.78, 5) is 16.0. The summed E-state index contributed by atoms with van der Waals surface area (Å²) in [6.07, 6.45) is 2.95. The second-order valence-corrected chi connectivity index (χ2v) is 3.82. The Morgan fingerprint density at radius 1 is 1.37 bits per heavy atom. The van der Waals surface area contributed by atoms with Crippen molar-refractivity contribution >= 4 is 0 Å². The molecule has 2 aromatic heterocycles. The molecule has 0 atom stereocenters. The van der Waals surface area contributed by atoms with Crippen LogP contribution >= 0.6 is 0 Å². The van der Waals surface area contributed by atoms with Gasteiger partial charge < -0.3 is 10.5 Å². The number of ether oxygens (including phenoxy) is 1. The first kappa shape index (κ1) is 13.2. The number of aromatic nitrogens is 5. The van der Waals surface area contributed by atoms with Crippen molar-refractivity contribution in [2.24, 2.45) is 5.73 Å². The smallest absolute Gasteiger partial charge is 0.270 e. The van der Waals surface area contributed by atoms with Crippen LogP contribution in [0.25, 0.3) is 0 Å². The standard InChI is InChI=1S/C11H16N6O2/c1-2-16-10(13-8-15-16)7-17-11(18)5-9(6-14-17)19-4-3-12/h5-6,8H,2-4,7,12H2,1H3. The van der Waals surface area contributed by atoms with Crippen molar-refractivity contribution in [3.05, 3.63) is 34.8 Å². The predicted molar refractivity (Wildman–Crippen MR) is 67.8 cm³/mol. The van der Waals surface area contributed by atoms with Crippen molar-refractivity contribution in [2.45, 2.75) is 20.0 Å². The van der Waals surface area contributed by atoms with E-state index in [1.165, 1.54) is 23.3 Å². The summed E-state index contributed by atoms with van der Waals surface area (Å²) in [7, 11) is 0. The van der Waals surface area contributed by atoms with Crippen LogP contribution in [0.5, 0.6) is 5.75 Å². The fraction of sp³-hybridized carbons (Fsp3) is 0.455. The molecule has 0 aliphatic rings. The van der Waals surface area contributed by atoms with Crippen LogP contribution in [-0.2, 0) is 13.1 Å². The molecular weight excluding hydrogens is 248 g/mol. The van der Waals surface area contributed by atoms with Crippen LogP contribution < -0.4 is 16.0 Å². The molecule has 2 N–H and O–H groups in total. The molecule has 19 heavy (non-hydrogen) atoms. The minimum Gasteiger partial charge on any atom is -0.490 e. The Balaban J connectivity index is 2.15. The Labute approximate surface area is 109 Å². The average molecular weight is 264 g/mol. The van der Waals surface area contributed by atoms with E-state index in [-0.39, 0.29) is 12.1 Å². The number of nitrogens with zero attached hydrogens (tertiary/aromatic N) is 5. The van der Waals surface area contributed by atoms with Gasteiger partial charge in [-0.3, -0.25) is 4.79 Å². The van der Waals surface area contributed by atoms with E-state index in [0.29, 0.717) is 31.3 Å². The number of nitrogens with two attached hydrogens (primary N) is 1. The Hall–Kier alpha value is -2.22. The van der Waals surface area contributed by atoms with E-state index in [1.807, 2.05) is 6.92 Å². The third-order valence-corrected chi connectivity index (χ3v) is 2.52. The quantitative estimate of drug-likeness (QED) is 0.736. The van der Waals surface area contributed by atoms with Crippen molar-refractivity contribution in [1.82, 2.24) is 24.5 Å². The largest absolute Gasteiger partial charge is 0.490 e. The van der Waals surface area contributed by atoms with E-state index in [1.54, 1.807) is 4.68 Å². The van der Waals surface area contributed by atoms with Gasteiger partial charge in [0.15, 0.2) is 0 Å². The second kappa shape index (κ2) is 6.10. The van der Waals surface area contributed by atoms with Crippen molar-refractivity contribution in [2.75, 3.05) is 13.2 Å². The van der Waals surface area contributed by atoms with Gasteiger partial charge in [0, 0.05) is 19.2 Å². The third-order valence-electron chi connectivity index (χ3n) is 2.52. The molecule has 0 saturated carbocycles. The Morgan fingerprint density at radius 2 is 2.21 bits per heavy atom. The van der Waals surface area contributed by atoms with Crippen LogP contribution in [0.1, 0.15) is 12.7 Å². The maximum Gasteiger partial charge on any atom is 0.270 e. The summed E-state index contributed by atoms with van der Waals surface area (Å²) < 4.78 is 8.26. The molecule has 0 saturated heterocycles. The van der Waals surface area contributed by atoms with Crippen LogP contribution in [0.15, 0.2) is 23.4 Å². The highest BCUT2D eigenvalue weighted by molar-refractivity contribution is 5.13. The fourth-order valence-electron chi connectivity index (χ4n) is 1.60. The van der Waals surface area contributed by atoms with Crippen molar-refractivity contribution < 1.29 is 4.74 Å². The first-order valence-electron chi connectivity index (χ1n) is 6.01. The summed E-state index contributed by atoms with van der Waals surface area (Å²) >= 11 is 0. The van der Waals surface area contributed by atoms with Gasteiger partial charge in [-0.15, -0.1) is 0 Å². The van der Waals surface area contributed by atoms with Gasteiger partial charge in [-0.05, 0) is 6.92 Å². The van der Waals surface area contributed by atoms with E-state index in [0.717, 1.165) is 0 Å². The molecule has 0 radical (unpaired) electrons. The molecule has 2 aromatic rings. The minimum atomic E-state index is -0.250. The van der Waals surface area contributed by atoms with Gasteiger partial charge in [-0.25, -0.2) is 14.3 Å². The molecule has 0 spiro atoms. The number of hydrogen-bond acceptors (Lipinski definition) is 6. The monoisotopic (exact) mass is 264 g/mol. The van der Waals surface area contributed by atoms with Crippen LogP contribution in [-0.4, -0.2) is 37.7 Å². The van der Waals surface area contributed by atoms with Gasteiger partial charge in [0.05, 0.1) is 6.20 Å². The molecule has 8 heteroatoms. The molecule has 0 aliphatic carbocycles. The highest BCUT2D eigenvalue weighted by atomic mass is 16.5. The van der Waals surface area contributed by atoms with Crippen LogP contribution in [0, 0.1) is 0 Å². The van der Waals surface area contributed by atoms with Gasteiger partial charge in [0.25, 0.3) is 5.56 Å². The number of hydrogen-bond donors (Lipinski definition) is 1. The highest BCUT2D eigenvalue weighted by Crippen LogP contribution is 2.03. The zero-order valence-corrected chi connectivity index (χ0v) is 10.7. The lowest BCUT2D eigenvalue weighted by Crippen LogP contribution is -2.24. The van der Waals surface area contributed by atoms with Gasteiger partial charge in [-0.2, -0.15) is 10.2 Å². The number of rotatable bonds is 6.